The van der Waals surface area contributed by atoms with E-state index in [4.69, 9.17) is 34.8 Å². The summed E-state index contributed by atoms with van der Waals surface area (Å²) in [6, 6.07) is 8.35. The average molecular weight is 466 g/mol. The molecule has 2 aromatic rings. The van der Waals surface area contributed by atoms with Gasteiger partial charge in [-0.05, 0) is 29.8 Å². The summed E-state index contributed by atoms with van der Waals surface area (Å²) in [5.41, 5.74) is 0.696. The van der Waals surface area contributed by atoms with Crippen molar-refractivity contribution in [2.24, 2.45) is 0 Å². The molecule has 0 unspecified atom stereocenters. The number of hydrogen-bond acceptors (Lipinski definition) is 3. The second-order valence-corrected chi connectivity index (χ2v) is 9.41. The largest absolute Gasteiger partial charge is 0.340 e. The van der Waals surface area contributed by atoms with Gasteiger partial charge >= 0.3 is 0 Å². The highest BCUT2D eigenvalue weighted by molar-refractivity contribution is 7.89. The third-order valence-corrected chi connectivity index (χ3v) is 7.46. The highest BCUT2D eigenvalue weighted by Gasteiger charge is 2.33. The average Bonchev–Trinajstić information content (AvgIpc) is 2.62. The fraction of sp³-hybridized carbons (Fsp3) is 0.278. The van der Waals surface area contributed by atoms with E-state index in [9.17, 15) is 17.6 Å². The molecule has 0 spiro atoms. The molecule has 0 radical (unpaired) electrons. The van der Waals surface area contributed by atoms with Crippen LogP contribution in [0.4, 0.5) is 4.39 Å². The molecule has 1 aliphatic rings. The Kier molecular flexibility index (Phi) is 6.51. The van der Waals surface area contributed by atoms with E-state index >= 15 is 0 Å². The first-order valence-corrected chi connectivity index (χ1v) is 10.9. The number of halogens is 4. The van der Waals surface area contributed by atoms with Gasteiger partial charge in [0, 0.05) is 31.2 Å². The van der Waals surface area contributed by atoms with Gasteiger partial charge in [0.2, 0.25) is 15.9 Å². The van der Waals surface area contributed by atoms with Crippen LogP contribution in [0.1, 0.15) is 5.56 Å². The molecule has 1 fully saturated rings. The maximum absolute atomic E-state index is 13.0. The predicted octanol–water partition coefficient (Wildman–Crippen LogP) is 3.86. The van der Waals surface area contributed by atoms with Gasteiger partial charge in [0.15, 0.2) is 0 Å². The SMILES string of the molecule is O=C(Cc1ccc(F)cc1)N1CCN(S(=O)(=O)c2c(Cl)cc(Cl)cc2Cl)CC1. The third-order valence-electron chi connectivity index (χ3n) is 4.42. The molecule has 1 saturated heterocycles. The van der Waals surface area contributed by atoms with Crippen LogP contribution in [0, 0.1) is 5.82 Å². The molecule has 2 aromatic carbocycles. The summed E-state index contributed by atoms with van der Waals surface area (Å²) in [4.78, 5) is 13.8. The van der Waals surface area contributed by atoms with E-state index in [1.807, 2.05) is 0 Å². The quantitative estimate of drug-likeness (QED) is 0.689. The standard InChI is InChI=1S/C18H16Cl3FN2O3S/c19-13-10-15(20)18(16(21)11-13)28(26,27)24-7-5-23(6-8-24)17(25)9-12-1-3-14(22)4-2-12/h1-4,10-11H,5-9H2. The summed E-state index contributed by atoms with van der Waals surface area (Å²) >= 11 is 18.0. The smallest absolute Gasteiger partial charge is 0.246 e. The van der Waals surface area contributed by atoms with E-state index in [0.29, 0.717) is 5.56 Å². The summed E-state index contributed by atoms with van der Waals surface area (Å²) in [5.74, 6) is -0.513. The number of nitrogens with zero attached hydrogens (tertiary/aromatic N) is 2. The summed E-state index contributed by atoms with van der Waals surface area (Å²) < 4.78 is 40.0. The molecule has 1 heterocycles. The minimum atomic E-state index is -3.92. The Bertz CT molecular complexity index is 969. The second-order valence-electron chi connectivity index (χ2n) is 6.29. The first-order valence-electron chi connectivity index (χ1n) is 8.35. The van der Waals surface area contributed by atoms with Gasteiger partial charge in [0.05, 0.1) is 16.5 Å². The Hall–Kier alpha value is -1.38. The lowest BCUT2D eigenvalue weighted by molar-refractivity contribution is -0.131. The van der Waals surface area contributed by atoms with Gasteiger partial charge in [0.25, 0.3) is 0 Å². The Morgan fingerprint density at radius 3 is 2.04 bits per heavy atom. The van der Waals surface area contributed by atoms with E-state index in [1.54, 1.807) is 17.0 Å². The van der Waals surface area contributed by atoms with Crippen molar-refractivity contribution in [3.05, 3.63) is 62.8 Å². The predicted molar refractivity (Wildman–Crippen MR) is 107 cm³/mol. The number of amides is 1. The van der Waals surface area contributed by atoms with Crippen LogP contribution in [0.25, 0.3) is 0 Å². The van der Waals surface area contributed by atoms with Crippen LogP contribution < -0.4 is 0 Å². The number of sulfonamides is 1. The van der Waals surface area contributed by atoms with Crippen molar-refractivity contribution in [3.8, 4) is 0 Å². The van der Waals surface area contributed by atoms with Crippen molar-refractivity contribution in [1.29, 1.82) is 0 Å². The molecule has 1 amide bonds. The highest BCUT2D eigenvalue weighted by atomic mass is 35.5. The highest BCUT2D eigenvalue weighted by Crippen LogP contribution is 2.34. The van der Waals surface area contributed by atoms with Crippen molar-refractivity contribution in [2.75, 3.05) is 26.2 Å². The lowest BCUT2D eigenvalue weighted by Crippen LogP contribution is -2.50. The van der Waals surface area contributed by atoms with Gasteiger partial charge in [0.1, 0.15) is 10.7 Å². The van der Waals surface area contributed by atoms with E-state index < -0.39 is 10.0 Å². The maximum atomic E-state index is 13.0. The molecule has 5 nitrogen and oxygen atoms in total. The van der Waals surface area contributed by atoms with Gasteiger partial charge in [-0.2, -0.15) is 4.31 Å². The summed E-state index contributed by atoms with van der Waals surface area (Å²) in [5, 5.41) is 0.143. The van der Waals surface area contributed by atoms with E-state index in [0.717, 1.165) is 0 Å². The number of benzene rings is 2. The molecule has 0 atom stereocenters. The van der Waals surface area contributed by atoms with Crippen molar-refractivity contribution in [1.82, 2.24) is 9.21 Å². The molecule has 0 N–H and O–H groups in total. The molecular weight excluding hydrogens is 450 g/mol. The Balaban J connectivity index is 1.68. The van der Waals surface area contributed by atoms with Gasteiger partial charge in [-0.15, -0.1) is 0 Å². The lowest BCUT2D eigenvalue weighted by Gasteiger charge is -2.34. The minimum absolute atomic E-state index is 0.0488. The Morgan fingerprint density at radius 1 is 0.964 bits per heavy atom. The molecule has 0 aromatic heterocycles. The van der Waals surface area contributed by atoms with Crippen molar-refractivity contribution in [2.45, 2.75) is 11.3 Å². The number of carbonyl (C=O) groups is 1. The first-order chi connectivity index (χ1) is 13.2. The third kappa shape index (κ3) is 4.60. The number of piperazine rings is 1. The van der Waals surface area contributed by atoms with Gasteiger partial charge in [-0.1, -0.05) is 46.9 Å². The molecule has 28 heavy (non-hydrogen) atoms. The molecule has 3 rings (SSSR count). The number of rotatable bonds is 4. The fourth-order valence-electron chi connectivity index (χ4n) is 2.97. The first kappa shape index (κ1) is 21.3. The van der Waals surface area contributed by atoms with Crippen LogP contribution in [-0.2, 0) is 21.2 Å². The zero-order chi connectivity index (χ0) is 20.5. The Morgan fingerprint density at radius 2 is 1.50 bits per heavy atom. The molecule has 0 bridgehead atoms. The Labute approximate surface area is 177 Å². The van der Waals surface area contributed by atoms with Crippen LogP contribution in [-0.4, -0.2) is 49.7 Å². The van der Waals surface area contributed by atoms with Crippen LogP contribution in [0.2, 0.25) is 15.1 Å². The topological polar surface area (TPSA) is 57.7 Å². The summed E-state index contributed by atoms with van der Waals surface area (Å²) in [6.07, 6.45) is 0.127. The summed E-state index contributed by atoms with van der Waals surface area (Å²) in [6.45, 7) is 0.712. The van der Waals surface area contributed by atoms with E-state index in [-0.39, 0.29) is 64.3 Å². The van der Waals surface area contributed by atoms with Gasteiger partial charge in [-0.3, -0.25) is 4.79 Å². The van der Waals surface area contributed by atoms with Crippen molar-refractivity contribution >= 4 is 50.7 Å². The molecule has 0 aliphatic carbocycles. The minimum Gasteiger partial charge on any atom is -0.340 e. The maximum Gasteiger partial charge on any atom is 0.246 e. The summed E-state index contributed by atoms with van der Waals surface area (Å²) in [7, 11) is -3.92. The zero-order valence-corrected chi connectivity index (χ0v) is 17.6. The second kappa shape index (κ2) is 8.55. The van der Waals surface area contributed by atoms with Crippen LogP contribution >= 0.6 is 34.8 Å². The van der Waals surface area contributed by atoms with Crippen molar-refractivity contribution < 1.29 is 17.6 Å². The normalized spacial score (nSPS) is 15.6. The van der Waals surface area contributed by atoms with E-state index in [2.05, 4.69) is 0 Å². The molecule has 10 heteroatoms. The van der Waals surface area contributed by atoms with Crippen molar-refractivity contribution in [3.63, 3.8) is 0 Å². The van der Waals surface area contributed by atoms with Crippen LogP contribution in [0.15, 0.2) is 41.3 Å². The van der Waals surface area contributed by atoms with Gasteiger partial charge < -0.3 is 4.90 Å². The molecular formula is C18H16Cl3FN2O3S. The zero-order valence-electron chi connectivity index (χ0n) is 14.5. The molecule has 0 saturated carbocycles. The lowest BCUT2D eigenvalue weighted by atomic mass is 10.1. The fourth-order valence-corrected chi connectivity index (χ4v) is 5.89. The van der Waals surface area contributed by atoms with E-state index in [1.165, 1.54) is 28.6 Å². The van der Waals surface area contributed by atoms with Crippen LogP contribution in [0.5, 0.6) is 0 Å². The van der Waals surface area contributed by atoms with Gasteiger partial charge in [-0.25, -0.2) is 12.8 Å². The van der Waals surface area contributed by atoms with Crippen LogP contribution in [0.3, 0.4) is 0 Å². The molecule has 1 aliphatic heterocycles. The molecule has 150 valence electrons. The number of hydrogen-bond donors (Lipinski definition) is 0. The monoisotopic (exact) mass is 464 g/mol. The number of carbonyl (C=O) groups excluding carboxylic acids is 1.